The SMILES string of the molecule is CC(=O)c1ccccc1OCCN1CCC(C(C)O)C1. The maximum Gasteiger partial charge on any atom is 0.163 e. The van der Waals surface area contributed by atoms with Gasteiger partial charge in [-0.1, -0.05) is 12.1 Å². The highest BCUT2D eigenvalue weighted by atomic mass is 16.5. The summed E-state index contributed by atoms with van der Waals surface area (Å²) in [5.41, 5.74) is 0.635. The lowest BCUT2D eigenvalue weighted by molar-refractivity contribution is 0.101. The highest BCUT2D eigenvalue weighted by Crippen LogP contribution is 2.20. The van der Waals surface area contributed by atoms with E-state index in [4.69, 9.17) is 4.74 Å². The van der Waals surface area contributed by atoms with E-state index in [1.165, 1.54) is 0 Å². The average molecular weight is 277 g/mol. The van der Waals surface area contributed by atoms with Gasteiger partial charge in [-0.05, 0) is 44.9 Å². The largest absolute Gasteiger partial charge is 0.491 e. The number of rotatable bonds is 6. The number of aliphatic hydroxyl groups is 1. The molecule has 1 aromatic rings. The van der Waals surface area contributed by atoms with Crippen LogP contribution in [0.2, 0.25) is 0 Å². The lowest BCUT2D eigenvalue weighted by atomic mass is 10.0. The van der Waals surface area contributed by atoms with Crippen LogP contribution in [-0.2, 0) is 0 Å². The number of hydrogen-bond donors (Lipinski definition) is 1. The lowest BCUT2D eigenvalue weighted by Crippen LogP contribution is -2.28. The van der Waals surface area contributed by atoms with Gasteiger partial charge in [-0.25, -0.2) is 0 Å². The Bertz CT molecular complexity index is 459. The van der Waals surface area contributed by atoms with Crippen LogP contribution in [0.25, 0.3) is 0 Å². The summed E-state index contributed by atoms with van der Waals surface area (Å²) in [4.78, 5) is 13.8. The van der Waals surface area contributed by atoms with Gasteiger partial charge in [0.2, 0.25) is 0 Å². The van der Waals surface area contributed by atoms with Crippen LogP contribution in [0.15, 0.2) is 24.3 Å². The van der Waals surface area contributed by atoms with Gasteiger partial charge in [0.1, 0.15) is 12.4 Å². The minimum Gasteiger partial charge on any atom is -0.491 e. The predicted molar refractivity (Wildman–Crippen MR) is 78.2 cm³/mol. The number of para-hydroxylation sites is 1. The Balaban J connectivity index is 1.81. The fraction of sp³-hybridized carbons (Fsp3) is 0.562. The molecule has 0 amide bonds. The third kappa shape index (κ3) is 3.81. The smallest absolute Gasteiger partial charge is 0.163 e. The molecule has 1 saturated heterocycles. The first-order valence-electron chi connectivity index (χ1n) is 7.21. The molecule has 1 aliphatic rings. The second kappa shape index (κ2) is 6.86. The van der Waals surface area contributed by atoms with Crippen molar-refractivity contribution >= 4 is 5.78 Å². The summed E-state index contributed by atoms with van der Waals surface area (Å²) in [5, 5.41) is 9.58. The van der Waals surface area contributed by atoms with E-state index in [1.54, 1.807) is 13.0 Å². The molecule has 1 aliphatic heterocycles. The summed E-state index contributed by atoms with van der Waals surface area (Å²) >= 11 is 0. The molecule has 0 aliphatic carbocycles. The van der Waals surface area contributed by atoms with Gasteiger partial charge in [0.05, 0.1) is 11.7 Å². The van der Waals surface area contributed by atoms with Crippen LogP contribution in [0.4, 0.5) is 0 Å². The first-order chi connectivity index (χ1) is 9.58. The number of aliphatic hydroxyl groups excluding tert-OH is 1. The molecule has 0 radical (unpaired) electrons. The van der Waals surface area contributed by atoms with Crippen LogP contribution in [0.3, 0.4) is 0 Å². The Kier molecular flexibility index (Phi) is 5.15. The molecule has 0 saturated carbocycles. The van der Waals surface area contributed by atoms with Crippen molar-refractivity contribution in [3.63, 3.8) is 0 Å². The van der Waals surface area contributed by atoms with E-state index in [0.717, 1.165) is 26.1 Å². The van der Waals surface area contributed by atoms with Gasteiger partial charge >= 0.3 is 0 Å². The van der Waals surface area contributed by atoms with Crippen molar-refractivity contribution < 1.29 is 14.6 Å². The zero-order valence-corrected chi connectivity index (χ0v) is 12.2. The third-order valence-corrected chi connectivity index (χ3v) is 3.92. The maximum atomic E-state index is 11.5. The molecule has 2 unspecified atom stereocenters. The topological polar surface area (TPSA) is 49.8 Å². The minimum atomic E-state index is -0.237. The van der Waals surface area contributed by atoms with Gasteiger partial charge in [-0.3, -0.25) is 9.69 Å². The van der Waals surface area contributed by atoms with Gasteiger partial charge < -0.3 is 9.84 Å². The molecule has 1 N–H and O–H groups in total. The Hall–Kier alpha value is -1.39. The van der Waals surface area contributed by atoms with Crippen molar-refractivity contribution in [3.8, 4) is 5.75 Å². The molecule has 110 valence electrons. The summed E-state index contributed by atoms with van der Waals surface area (Å²) in [5.74, 6) is 1.06. The standard InChI is InChI=1S/C16H23NO3/c1-12(18)14-7-8-17(11-14)9-10-20-16-6-4-3-5-15(16)13(2)19/h3-6,12,14,18H,7-11H2,1-2H3. The summed E-state index contributed by atoms with van der Waals surface area (Å²) in [6, 6.07) is 7.34. The molecular formula is C16H23NO3. The molecule has 2 rings (SSSR count). The average Bonchev–Trinajstić information content (AvgIpc) is 2.88. The van der Waals surface area contributed by atoms with E-state index in [0.29, 0.717) is 23.8 Å². The molecule has 4 heteroatoms. The molecule has 1 aromatic carbocycles. The lowest BCUT2D eigenvalue weighted by Gasteiger charge is -2.18. The van der Waals surface area contributed by atoms with Crippen molar-refractivity contribution in [2.24, 2.45) is 5.92 Å². The normalized spacial score (nSPS) is 20.9. The van der Waals surface area contributed by atoms with Crippen molar-refractivity contribution in [2.75, 3.05) is 26.2 Å². The zero-order valence-electron chi connectivity index (χ0n) is 12.2. The van der Waals surface area contributed by atoms with Crippen LogP contribution in [0.5, 0.6) is 5.75 Å². The minimum absolute atomic E-state index is 0.0240. The fourth-order valence-corrected chi connectivity index (χ4v) is 2.63. The van der Waals surface area contributed by atoms with E-state index in [1.807, 2.05) is 25.1 Å². The molecule has 1 fully saturated rings. The van der Waals surface area contributed by atoms with Gasteiger partial charge in [0, 0.05) is 13.1 Å². The highest BCUT2D eigenvalue weighted by molar-refractivity contribution is 5.96. The number of carbonyl (C=O) groups is 1. The molecule has 0 bridgehead atoms. The third-order valence-electron chi connectivity index (χ3n) is 3.92. The number of benzene rings is 1. The van der Waals surface area contributed by atoms with Crippen LogP contribution in [-0.4, -0.2) is 48.1 Å². The number of likely N-dealkylation sites (tertiary alicyclic amines) is 1. The second-order valence-electron chi connectivity index (χ2n) is 5.49. The van der Waals surface area contributed by atoms with E-state index >= 15 is 0 Å². The molecule has 20 heavy (non-hydrogen) atoms. The fourth-order valence-electron chi connectivity index (χ4n) is 2.63. The molecule has 1 heterocycles. The number of ether oxygens (including phenoxy) is 1. The van der Waals surface area contributed by atoms with Gasteiger partial charge in [-0.15, -0.1) is 0 Å². The van der Waals surface area contributed by atoms with Crippen LogP contribution >= 0.6 is 0 Å². The van der Waals surface area contributed by atoms with Gasteiger partial charge in [0.15, 0.2) is 5.78 Å². The van der Waals surface area contributed by atoms with Gasteiger partial charge in [0.25, 0.3) is 0 Å². The Morgan fingerprint density at radius 2 is 2.25 bits per heavy atom. The molecule has 0 aromatic heterocycles. The quantitative estimate of drug-likeness (QED) is 0.808. The number of carbonyl (C=O) groups excluding carboxylic acids is 1. The first-order valence-corrected chi connectivity index (χ1v) is 7.21. The Labute approximate surface area is 120 Å². The maximum absolute atomic E-state index is 11.5. The number of Topliss-reactive ketones (excluding diaryl/α,β-unsaturated/α-hetero) is 1. The summed E-state index contributed by atoms with van der Waals surface area (Å²) < 4.78 is 5.73. The predicted octanol–water partition coefficient (Wildman–Crippen LogP) is 1.97. The molecule has 2 atom stereocenters. The number of hydrogen-bond acceptors (Lipinski definition) is 4. The zero-order chi connectivity index (χ0) is 14.5. The van der Waals surface area contributed by atoms with Crippen molar-refractivity contribution in [3.05, 3.63) is 29.8 Å². The highest BCUT2D eigenvalue weighted by Gasteiger charge is 2.25. The first kappa shape index (κ1) is 15.0. The van der Waals surface area contributed by atoms with E-state index in [-0.39, 0.29) is 11.9 Å². The summed E-state index contributed by atoms with van der Waals surface area (Å²) in [6.07, 6.45) is 0.807. The van der Waals surface area contributed by atoms with E-state index in [2.05, 4.69) is 4.90 Å². The van der Waals surface area contributed by atoms with E-state index in [9.17, 15) is 9.90 Å². The molecular weight excluding hydrogens is 254 g/mol. The van der Waals surface area contributed by atoms with Crippen molar-refractivity contribution in [1.29, 1.82) is 0 Å². The van der Waals surface area contributed by atoms with Crippen LogP contribution in [0.1, 0.15) is 30.6 Å². The number of ketones is 1. The Morgan fingerprint density at radius 3 is 2.90 bits per heavy atom. The second-order valence-corrected chi connectivity index (χ2v) is 5.49. The van der Waals surface area contributed by atoms with Crippen molar-refractivity contribution in [1.82, 2.24) is 4.90 Å². The Morgan fingerprint density at radius 1 is 1.50 bits per heavy atom. The number of nitrogens with zero attached hydrogens (tertiary/aromatic N) is 1. The molecule has 4 nitrogen and oxygen atoms in total. The van der Waals surface area contributed by atoms with Crippen LogP contribution in [0, 0.1) is 5.92 Å². The van der Waals surface area contributed by atoms with Crippen molar-refractivity contribution in [2.45, 2.75) is 26.4 Å². The molecule has 0 spiro atoms. The van der Waals surface area contributed by atoms with Crippen LogP contribution < -0.4 is 4.74 Å². The van der Waals surface area contributed by atoms with E-state index < -0.39 is 0 Å². The monoisotopic (exact) mass is 277 g/mol. The van der Waals surface area contributed by atoms with Gasteiger partial charge in [-0.2, -0.15) is 0 Å². The summed E-state index contributed by atoms with van der Waals surface area (Å²) in [6.45, 7) is 6.73. The summed E-state index contributed by atoms with van der Waals surface area (Å²) in [7, 11) is 0.